The Labute approximate surface area is 168 Å². The van der Waals surface area contributed by atoms with Crippen molar-refractivity contribution < 1.29 is 19.1 Å². The van der Waals surface area contributed by atoms with E-state index < -0.39 is 0 Å². The van der Waals surface area contributed by atoms with Crippen molar-refractivity contribution >= 4 is 23.2 Å². The van der Waals surface area contributed by atoms with E-state index in [0.29, 0.717) is 47.2 Å². The van der Waals surface area contributed by atoms with Gasteiger partial charge in [-0.1, -0.05) is 17.7 Å². The summed E-state index contributed by atoms with van der Waals surface area (Å²) in [6.45, 7) is 2.91. The lowest BCUT2D eigenvalue weighted by Crippen LogP contribution is -2.17. The van der Waals surface area contributed by atoms with Crippen molar-refractivity contribution in [3.63, 3.8) is 0 Å². The number of fused-ring (bicyclic) bond motifs is 1. The number of hydrogen-bond donors (Lipinski definition) is 2. The summed E-state index contributed by atoms with van der Waals surface area (Å²) in [7, 11) is 0. The quantitative estimate of drug-likeness (QED) is 0.700. The van der Waals surface area contributed by atoms with E-state index in [2.05, 4.69) is 10.6 Å². The third-order valence-electron chi connectivity index (χ3n) is 4.49. The van der Waals surface area contributed by atoms with Crippen LogP contribution in [0.1, 0.15) is 26.3 Å². The van der Waals surface area contributed by atoms with Gasteiger partial charge in [-0.25, -0.2) is 0 Å². The summed E-state index contributed by atoms with van der Waals surface area (Å²) < 4.78 is 11.0. The van der Waals surface area contributed by atoms with Crippen molar-refractivity contribution in [1.82, 2.24) is 0 Å². The number of carbonyl (C=O) groups is 2. The Balaban J connectivity index is 1.40. The van der Waals surface area contributed by atoms with E-state index >= 15 is 0 Å². The molecule has 0 bridgehead atoms. The molecule has 29 heavy (non-hydrogen) atoms. The molecule has 2 N–H and O–H groups in total. The number of amides is 2. The number of ether oxygens (including phenoxy) is 2. The van der Waals surface area contributed by atoms with Gasteiger partial charge in [-0.05, 0) is 61.5 Å². The lowest BCUT2D eigenvalue weighted by atomic mass is 10.1. The molecule has 0 fully saturated rings. The third-order valence-corrected chi connectivity index (χ3v) is 4.49. The molecule has 0 aliphatic carbocycles. The van der Waals surface area contributed by atoms with E-state index in [0.717, 1.165) is 5.56 Å². The van der Waals surface area contributed by atoms with Gasteiger partial charge in [-0.3, -0.25) is 9.59 Å². The molecule has 2 amide bonds. The molecule has 0 saturated heterocycles. The van der Waals surface area contributed by atoms with Gasteiger partial charge in [0, 0.05) is 22.5 Å². The predicted octanol–water partition coefficient (Wildman–Crippen LogP) is 4.27. The summed E-state index contributed by atoms with van der Waals surface area (Å²) in [5, 5.41) is 5.69. The fourth-order valence-corrected chi connectivity index (χ4v) is 3.01. The van der Waals surface area contributed by atoms with Crippen molar-refractivity contribution in [1.29, 1.82) is 0 Å². The number of hydrogen-bond acceptors (Lipinski definition) is 4. The molecule has 1 aliphatic rings. The topological polar surface area (TPSA) is 76.7 Å². The number of nitrogens with one attached hydrogen (secondary N) is 2. The van der Waals surface area contributed by atoms with Gasteiger partial charge in [0.1, 0.15) is 13.2 Å². The first kappa shape index (κ1) is 18.6. The van der Waals surface area contributed by atoms with Gasteiger partial charge in [0.2, 0.25) is 0 Å². The van der Waals surface area contributed by atoms with Gasteiger partial charge in [0.25, 0.3) is 11.8 Å². The highest BCUT2D eigenvalue weighted by Gasteiger charge is 2.15. The average molecular weight is 388 g/mol. The molecule has 146 valence electrons. The highest BCUT2D eigenvalue weighted by molar-refractivity contribution is 6.06. The summed E-state index contributed by atoms with van der Waals surface area (Å²) in [5.41, 5.74) is 3.37. The van der Waals surface area contributed by atoms with Crippen LogP contribution in [0.4, 0.5) is 11.4 Å². The Kier molecular flexibility index (Phi) is 5.16. The van der Waals surface area contributed by atoms with Crippen LogP contribution in [0.5, 0.6) is 11.5 Å². The van der Waals surface area contributed by atoms with Crippen molar-refractivity contribution in [2.24, 2.45) is 0 Å². The molecule has 3 aromatic carbocycles. The zero-order valence-corrected chi connectivity index (χ0v) is 15.9. The Morgan fingerprint density at radius 3 is 1.93 bits per heavy atom. The Hall–Kier alpha value is -3.80. The second kappa shape index (κ2) is 8.06. The fourth-order valence-electron chi connectivity index (χ4n) is 3.01. The molecule has 0 saturated carbocycles. The second-order valence-electron chi connectivity index (χ2n) is 6.71. The lowest BCUT2D eigenvalue weighted by Gasteiger charge is -2.18. The summed E-state index contributed by atoms with van der Waals surface area (Å²) in [6.07, 6.45) is 0. The van der Waals surface area contributed by atoms with Crippen LogP contribution in [-0.4, -0.2) is 25.0 Å². The zero-order chi connectivity index (χ0) is 20.2. The largest absolute Gasteiger partial charge is 0.486 e. The number of rotatable bonds is 4. The summed E-state index contributed by atoms with van der Waals surface area (Å²) in [5.74, 6) is 0.778. The van der Waals surface area contributed by atoms with Crippen molar-refractivity contribution in [2.45, 2.75) is 6.92 Å². The van der Waals surface area contributed by atoms with E-state index in [9.17, 15) is 9.59 Å². The molecule has 3 aromatic rings. The van der Waals surface area contributed by atoms with Crippen molar-refractivity contribution in [3.8, 4) is 11.5 Å². The molecule has 0 atom stereocenters. The summed E-state index contributed by atoms with van der Waals surface area (Å²) in [4.78, 5) is 24.8. The minimum absolute atomic E-state index is 0.179. The molecule has 6 heteroatoms. The van der Waals surface area contributed by atoms with Crippen LogP contribution in [0.15, 0.2) is 66.7 Å². The van der Waals surface area contributed by atoms with E-state index in [-0.39, 0.29) is 11.8 Å². The molecule has 0 aromatic heterocycles. The third kappa shape index (κ3) is 4.38. The van der Waals surface area contributed by atoms with Gasteiger partial charge in [0.15, 0.2) is 11.5 Å². The monoisotopic (exact) mass is 388 g/mol. The molecule has 1 heterocycles. The number of anilines is 2. The highest BCUT2D eigenvalue weighted by atomic mass is 16.6. The molecule has 4 rings (SSSR count). The summed E-state index contributed by atoms with van der Waals surface area (Å²) >= 11 is 0. The molecule has 1 aliphatic heterocycles. The maximum absolute atomic E-state index is 12.5. The number of aryl methyl sites for hydroxylation is 1. The first-order valence-electron chi connectivity index (χ1n) is 9.27. The Bertz CT molecular complexity index is 1060. The molecule has 0 radical (unpaired) electrons. The SMILES string of the molecule is Cc1cccc(C(=O)Nc2ccc(NC(=O)c3ccc4c(c3)OCCO4)cc2)c1. The first-order valence-corrected chi connectivity index (χ1v) is 9.27. The maximum atomic E-state index is 12.5. The molecule has 0 unspecified atom stereocenters. The van der Waals surface area contributed by atoms with Gasteiger partial charge >= 0.3 is 0 Å². The normalized spacial score (nSPS) is 12.2. The van der Waals surface area contributed by atoms with Crippen molar-refractivity contribution in [3.05, 3.63) is 83.4 Å². The van der Waals surface area contributed by atoms with Crippen LogP contribution in [0.25, 0.3) is 0 Å². The number of carbonyl (C=O) groups excluding carboxylic acids is 2. The van der Waals surface area contributed by atoms with E-state index in [1.807, 2.05) is 25.1 Å². The lowest BCUT2D eigenvalue weighted by molar-refractivity contribution is 0.101. The molecular weight excluding hydrogens is 368 g/mol. The van der Waals surface area contributed by atoms with E-state index in [1.165, 1.54) is 0 Å². The fraction of sp³-hybridized carbons (Fsp3) is 0.130. The van der Waals surface area contributed by atoms with E-state index in [4.69, 9.17) is 9.47 Å². The predicted molar refractivity (Wildman–Crippen MR) is 111 cm³/mol. The number of benzene rings is 3. The second-order valence-corrected chi connectivity index (χ2v) is 6.71. The molecular formula is C23H20N2O4. The molecule has 0 spiro atoms. The first-order chi connectivity index (χ1) is 14.1. The van der Waals surface area contributed by atoms with Crippen LogP contribution in [0.3, 0.4) is 0 Å². The molecule has 6 nitrogen and oxygen atoms in total. The van der Waals surface area contributed by atoms with Crippen molar-refractivity contribution in [2.75, 3.05) is 23.8 Å². The Morgan fingerprint density at radius 2 is 1.31 bits per heavy atom. The smallest absolute Gasteiger partial charge is 0.255 e. The van der Waals surface area contributed by atoms with Gasteiger partial charge in [0.05, 0.1) is 0 Å². The van der Waals surface area contributed by atoms with Crippen LogP contribution < -0.4 is 20.1 Å². The van der Waals surface area contributed by atoms with Crippen LogP contribution in [0, 0.1) is 6.92 Å². The average Bonchev–Trinajstić information content (AvgIpc) is 2.74. The summed E-state index contributed by atoms with van der Waals surface area (Å²) in [6, 6.07) is 19.4. The minimum Gasteiger partial charge on any atom is -0.486 e. The maximum Gasteiger partial charge on any atom is 0.255 e. The van der Waals surface area contributed by atoms with E-state index in [1.54, 1.807) is 48.5 Å². The van der Waals surface area contributed by atoms with Crippen LogP contribution >= 0.6 is 0 Å². The van der Waals surface area contributed by atoms with Crippen LogP contribution in [0.2, 0.25) is 0 Å². The minimum atomic E-state index is -0.251. The van der Waals surface area contributed by atoms with Gasteiger partial charge in [-0.2, -0.15) is 0 Å². The van der Waals surface area contributed by atoms with Gasteiger partial charge in [-0.15, -0.1) is 0 Å². The zero-order valence-electron chi connectivity index (χ0n) is 15.9. The Morgan fingerprint density at radius 1 is 0.724 bits per heavy atom. The van der Waals surface area contributed by atoms with Gasteiger partial charge < -0.3 is 20.1 Å². The highest BCUT2D eigenvalue weighted by Crippen LogP contribution is 2.31. The standard InChI is InChI=1S/C23H20N2O4/c1-15-3-2-4-16(13-15)22(26)24-18-6-8-19(9-7-18)25-23(27)17-5-10-20-21(14-17)29-12-11-28-20/h2-10,13-14H,11-12H2,1H3,(H,24,26)(H,25,27). The van der Waals surface area contributed by atoms with Crippen LogP contribution in [-0.2, 0) is 0 Å².